The number of hydrogen-bond donors (Lipinski definition) is 2. The maximum atomic E-state index is 11.6. The van der Waals surface area contributed by atoms with Crippen LogP contribution in [-0.4, -0.2) is 37.0 Å². The molecule has 9 heteroatoms. The van der Waals surface area contributed by atoms with Gasteiger partial charge in [0.2, 0.25) is 11.8 Å². The summed E-state index contributed by atoms with van der Waals surface area (Å²) in [5.74, 6) is -0.419. The molecule has 9 nitrogen and oxygen atoms in total. The second-order valence-electron chi connectivity index (χ2n) is 4.13. The molecule has 2 aromatic rings. The molecule has 0 aliphatic carbocycles. The van der Waals surface area contributed by atoms with Gasteiger partial charge < -0.3 is 14.8 Å². The molecule has 2 rings (SSSR count). The summed E-state index contributed by atoms with van der Waals surface area (Å²) >= 11 is 0. The summed E-state index contributed by atoms with van der Waals surface area (Å²) in [6.07, 6.45) is 1.18. The molecule has 0 saturated carbocycles. The van der Waals surface area contributed by atoms with Crippen molar-refractivity contribution in [2.45, 2.75) is 26.9 Å². The Hall–Kier alpha value is -2.71. The van der Waals surface area contributed by atoms with Crippen LogP contribution >= 0.6 is 0 Å². The topological polar surface area (TPSA) is 123 Å². The summed E-state index contributed by atoms with van der Waals surface area (Å²) in [6.45, 7) is 3.64. The number of carbonyl (C=O) groups is 2. The van der Waals surface area contributed by atoms with Crippen LogP contribution in [0.4, 0.5) is 0 Å². The van der Waals surface area contributed by atoms with E-state index >= 15 is 0 Å². The van der Waals surface area contributed by atoms with Crippen molar-refractivity contribution in [2.75, 3.05) is 0 Å². The zero-order valence-electron chi connectivity index (χ0n) is 11.0. The fraction of sp³-hybridized carbons (Fsp3) is 0.364. The SMILES string of the molecule is Cc1nc(CNC(=O)Cn2cc(C(=O)O)nn2)oc1C. The van der Waals surface area contributed by atoms with Crippen LogP contribution in [0.15, 0.2) is 10.6 Å². The summed E-state index contributed by atoms with van der Waals surface area (Å²) < 4.78 is 6.46. The van der Waals surface area contributed by atoms with E-state index in [1.54, 1.807) is 6.92 Å². The lowest BCUT2D eigenvalue weighted by Gasteiger charge is -2.01. The molecular formula is C11H13N5O4. The summed E-state index contributed by atoms with van der Waals surface area (Å²) in [5.41, 5.74) is 0.563. The van der Waals surface area contributed by atoms with Gasteiger partial charge in [0.15, 0.2) is 5.69 Å². The standard InChI is InChI=1S/C11H13N5O4/c1-6-7(2)20-10(13-6)3-12-9(17)5-16-4-8(11(18)19)14-15-16/h4H,3,5H2,1-2H3,(H,12,17)(H,18,19). The minimum Gasteiger partial charge on any atom is -0.476 e. The Bertz CT molecular complexity index is 626. The lowest BCUT2D eigenvalue weighted by atomic mass is 10.4. The van der Waals surface area contributed by atoms with Gasteiger partial charge in [0, 0.05) is 0 Å². The molecule has 2 aromatic heterocycles. The van der Waals surface area contributed by atoms with Crippen LogP contribution in [-0.2, 0) is 17.9 Å². The Balaban J connectivity index is 1.87. The summed E-state index contributed by atoms with van der Waals surface area (Å²) in [7, 11) is 0. The van der Waals surface area contributed by atoms with E-state index in [1.165, 1.54) is 6.20 Å². The van der Waals surface area contributed by atoms with Crippen molar-refractivity contribution in [1.82, 2.24) is 25.3 Å². The number of nitrogens with zero attached hydrogens (tertiary/aromatic N) is 4. The summed E-state index contributed by atoms with van der Waals surface area (Å²) in [6, 6.07) is 0. The highest BCUT2D eigenvalue weighted by Crippen LogP contribution is 2.07. The molecule has 0 atom stereocenters. The average Bonchev–Trinajstić information content (AvgIpc) is 2.95. The minimum absolute atomic E-state index is 0.126. The number of carboxylic acid groups (broad SMARTS) is 1. The average molecular weight is 279 g/mol. The Morgan fingerprint density at radius 1 is 1.45 bits per heavy atom. The van der Waals surface area contributed by atoms with E-state index in [9.17, 15) is 9.59 Å². The number of nitrogens with one attached hydrogen (secondary N) is 1. The zero-order chi connectivity index (χ0) is 14.7. The van der Waals surface area contributed by atoms with Crippen LogP contribution in [0.2, 0.25) is 0 Å². The smallest absolute Gasteiger partial charge is 0.358 e. The van der Waals surface area contributed by atoms with E-state index < -0.39 is 5.97 Å². The molecule has 0 saturated heterocycles. The highest BCUT2D eigenvalue weighted by molar-refractivity contribution is 5.84. The van der Waals surface area contributed by atoms with E-state index in [2.05, 4.69) is 20.6 Å². The first-order valence-electron chi connectivity index (χ1n) is 5.78. The molecule has 106 valence electrons. The predicted molar refractivity (Wildman–Crippen MR) is 64.8 cm³/mol. The predicted octanol–water partition coefficient (Wildman–Crippen LogP) is -0.102. The largest absolute Gasteiger partial charge is 0.476 e. The van der Waals surface area contributed by atoms with Gasteiger partial charge in [-0.25, -0.2) is 14.5 Å². The Morgan fingerprint density at radius 2 is 2.20 bits per heavy atom. The van der Waals surface area contributed by atoms with Crippen LogP contribution in [0.3, 0.4) is 0 Å². The number of rotatable bonds is 5. The molecule has 0 radical (unpaired) electrons. The van der Waals surface area contributed by atoms with Gasteiger partial charge in [0.25, 0.3) is 0 Å². The number of hydrogen-bond acceptors (Lipinski definition) is 6. The van der Waals surface area contributed by atoms with Crippen molar-refractivity contribution in [1.29, 1.82) is 0 Å². The van der Waals surface area contributed by atoms with Gasteiger partial charge in [-0.2, -0.15) is 0 Å². The number of aryl methyl sites for hydroxylation is 2. The van der Waals surface area contributed by atoms with Gasteiger partial charge in [-0.1, -0.05) is 5.21 Å². The monoisotopic (exact) mass is 279 g/mol. The van der Waals surface area contributed by atoms with Gasteiger partial charge in [0.05, 0.1) is 18.4 Å². The van der Waals surface area contributed by atoms with Crippen LogP contribution in [0, 0.1) is 13.8 Å². The van der Waals surface area contributed by atoms with Crippen LogP contribution in [0.1, 0.15) is 27.8 Å². The normalized spacial score (nSPS) is 10.5. The number of amides is 1. The van der Waals surface area contributed by atoms with E-state index in [0.29, 0.717) is 11.7 Å². The van der Waals surface area contributed by atoms with Gasteiger partial charge in [0.1, 0.15) is 12.3 Å². The Morgan fingerprint density at radius 3 is 2.75 bits per heavy atom. The summed E-state index contributed by atoms with van der Waals surface area (Å²) in [4.78, 5) is 26.4. The van der Waals surface area contributed by atoms with Crippen molar-refractivity contribution >= 4 is 11.9 Å². The Labute approximate surface area is 113 Å². The van der Waals surface area contributed by atoms with Gasteiger partial charge in [-0.05, 0) is 13.8 Å². The van der Waals surface area contributed by atoms with Gasteiger partial charge >= 0.3 is 5.97 Å². The molecule has 0 aliphatic heterocycles. The first kappa shape index (κ1) is 13.7. The van der Waals surface area contributed by atoms with Crippen LogP contribution < -0.4 is 5.32 Å². The molecule has 0 spiro atoms. The number of aromatic carboxylic acids is 1. The molecule has 2 heterocycles. The van der Waals surface area contributed by atoms with Gasteiger partial charge in [-0.3, -0.25) is 4.79 Å². The summed E-state index contributed by atoms with van der Waals surface area (Å²) in [5, 5.41) is 18.2. The van der Waals surface area contributed by atoms with Crippen molar-refractivity contribution in [3.05, 3.63) is 29.2 Å². The highest BCUT2D eigenvalue weighted by atomic mass is 16.4. The lowest BCUT2D eigenvalue weighted by Crippen LogP contribution is -2.27. The third-order valence-corrected chi connectivity index (χ3v) is 2.57. The number of oxazole rings is 1. The van der Waals surface area contributed by atoms with E-state index in [0.717, 1.165) is 10.4 Å². The number of aromatic nitrogens is 4. The van der Waals surface area contributed by atoms with Crippen LogP contribution in [0.25, 0.3) is 0 Å². The molecular weight excluding hydrogens is 266 g/mol. The molecule has 0 aliphatic rings. The number of carbonyl (C=O) groups excluding carboxylic acids is 1. The second-order valence-corrected chi connectivity index (χ2v) is 4.13. The van der Waals surface area contributed by atoms with Crippen molar-refractivity contribution in [3.8, 4) is 0 Å². The first-order chi connectivity index (χ1) is 9.45. The first-order valence-corrected chi connectivity index (χ1v) is 5.78. The van der Waals surface area contributed by atoms with Crippen LogP contribution in [0.5, 0.6) is 0 Å². The molecule has 0 unspecified atom stereocenters. The minimum atomic E-state index is -1.19. The molecule has 0 bridgehead atoms. The lowest BCUT2D eigenvalue weighted by molar-refractivity contribution is -0.122. The molecule has 1 amide bonds. The molecule has 0 fully saturated rings. The molecule has 0 aromatic carbocycles. The van der Waals surface area contributed by atoms with Crippen molar-refractivity contribution in [2.24, 2.45) is 0 Å². The second kappa shape index (κ2) is 5.51. The van der Waals surface area contributed by atoms with Gasteiger partial charge in [-0.15, -0.1) is 5.10 Å². The fourth-order valence-corrected chi connectivity index (χ4v) is 1.47. The quantitative estimate of drug-likeness (QED) is 0.783. The molecule has 2 N–H and O–H groups in total. The molecule has 20 heavy (non-hydrogen) atoms. The fourth-order valence-electron chi connectivity index (χ4n) is 1.47. The van der Waals surface area contributed by atoms with E-state index in [4.69, 9.17) is 9.52 Å². The maximum Gasteiger partial charge on any atom is 0.358 e. The Kier molecular flexibility index (Phi) is 3.78. The highest BCUT2D eigenvalue weighted by Gasteiger charge is 2.11. The maximum absolute atomic E-state index is 11.6. The zero-order valence-corrected chi connectivity index (χ0v) is 11.0. The third-order valence-electron chi connectivity index (χ3n) is 2.57. The number of carboxylic acids is 1. The van der Waals surface area contributed by atoms with Crippen molar-refractivity contribution < 1.29 is 19.1 Å². The van der Waals surface area contributed by atoms with E-state index in [1.807, 2.05) is 6.92 Å². The third kappa shape index (κ3) is 3.19. The van der Waals surface area contributed by atoms with E-state index in [-0.39, 0.29) is 24.7 Å². The van der Waals surface area contributed by atoms with Crippen molar-refractivity contribution in [3.63, 3.8) is 0 Å².